The number of amides is 1. The SMILES string of the molecule is CCCC1OC(n2ccc(NC(C)=O)nc2=O)C(F)C1OPOCCOCCSC(=O)CC. The molecular weight excluding hydrogens is 476 g/mol. The van der Waals surface area contributed by atoms with Gasteiger partial charge in [-0.3, -0.25) is 14.2 Å². The van der Waals surface area contributed by atoms with Gasteiger partial charge in [-0.1, -0.05) is 32.0 Å². The van der Waals surface area contributed by atoms with Gasteiger partial charge in [-0.25, -0.2) is 9.18 Å². The van der Waals surface area contributed by atoms with Gasteiger partial charge in [0.25, 0.3) is 0 Å². The van der Waals surface area contributed by atoms with Gasteiger partial charge in [0.05, 0.1) is 25.9 Å². The van der Waals surface area contributed by atoms with Crippen LogP contribution in [-0.2, 0) is 28.1 Å². The van der Waals surface area contributed by atoms with E-state index >= 15 is 4.39 Å². The fourth-order valence-corrected chi connectivity index (χ4v) is 4.34. The normalized spacial score (nSPS) is 22.8. The first-order valence-electron chi connectivity index (χ1n) is 10.8. The molecule has 5 atom stereocenters. The minimum absolute atomic E-state index is 0.0859. The molecule has 5 unspecified atom stereocenters. The summed E-state index contributed by atoms with van der Waals surface area (Å²) in [5.41, 5.74) is -0.737. The fraction of sp³-hybridized carbons (Fsp3) is 0.700. The number of carbonyl (C=O) groups excluding carboxylic acids is 2. The Morgan fingerprint density at radius 2 is 2.12 bits per heavy atom. The molecule has 1 aromatic rings. The Labute approximate surface area is 198 Å². The summed E-state index contributed by atoms with van der Waals surface area (Å²) < 4.78 is 38.5. The fourth-order valence-electron chi connectivity index (χ4n) is 3.08. The van der Waals surface area contributed by atoms with Gasteiger partial charge in [0.1, 0.15) is 11.9 Å². The summed E-state index contributed by atoms with van der Waals surface area (Å²) in [6.45, 7) is 6.10. The van der Waals surface area contributed by atoms with Gasteiger partial charge in [0.15, 0.2) is 26.5 Å². The van der Waals surface area contributed by atoms with Crippen molar-refractivity contribution in [2.75, 3.05) is 30.9 Å². The molecule has 0 radical (unpaired) electrons. The smallest absolute Gasteiger partial charge is 0.351 e. The van der Waals surface area contributed by atoms with E-state index in [1.165, 1.54) is 30.9 Å². The number of anilines is 1. The Morgan fingerprint density at radius 3 is 2.79 bits per heavy atom. The number of halogens is 1. The maximum atomic E-state index is 15.2. The van der Waals surface area contributed by atoms with E-state index in [0.29, 0.717) is 31.8 Å². The van der Waals surface area contributed by atoms with Crippen LogP contribution >= 0.6 is 20.8 Å². The molecule has 0 saturated carbocycles. The van der Waals surface area contributed by atoms with Crippen molar-refractivity contribution in [2.24, 2.45) is 0 Å². The van der Waals surface area contributed by atoms with Crippen LogP contribution in [0.4, 0.5) is 10.2 Å². The summed E-state index contributed by atoms with van der Waals surface area (Å²) in [4.78, 5) is 38.4. The molecule has 1 aliphatic rings. The molecule has 186 valence electrons. The van der Waals surface area contributed by atoms with Crippen LogP contribution in [0.25, 0.3) is 0 Å². The Balaban J connectivity index is 1.82. The average molecular weight is 508 g/mol. The number of thioether (sulfide) groups is 1. The number of nitrogens with zero attached hydrogens (tertiary/aromatic N) is 2. The summed E-state index contributed by atoms with van der Waals surface area (Å²) in [7, 11) is -0.420. The van der Waals surface area contributed by atoms with E-state index in [4.69, 9.17) is 18.5 Å². The summed E-state index contributed by atoms with van der Waals surface area (Å²) in [5, 5.41) is 2.54. The molecule has 0 spiro atoms. The topological polar surface area (TPSA) is 118 Å². The molecule has 2 rings (SSSR count). The van der Waals surface area contributed by atoms with Crippen LogP contribution in [0.1, 0.15) is 46.3 Å². The molecule has 33 heavy (non-hydrogen) atoms. The predicted octanol–water partition coefficient (Wildman–Crippen LogP) is 2.83. The van der Waals surface area contributed by atoms with Crippen LogP contribution in [0.5, 0.6) is 0 Å². The van der Waals surface area contributed by atoms with Crippen LogP contribution in [0.15, 0.2) is 17.1 Å². The molecule has 13 heteroatoms. The molecule has 0 bridgehead atoms. The van der Waals surface area contributed by atoms with Gasteiger partial charge in [-0.15, -0.1) is 0 Å². The lowest BCUT2D eigenvalue weighted by atomic mass is 10.1. The first-order chi connectivity index (χ1) is 15.9. The minimum atomic E-state index is -1.60. The van der Waals surface area contributed by atoms with E-state index in [-0.39, 0.29) is 23.4 Å². The lowest BCUT2D eigenvalue weighted by Gasteiger charge is -2.18. The van der Waals surface area contributed by atoms with Crippen molar-refractivity contribution in [2.45, 2.75) is 64.6 Å². The predicted molar refractivity (Wildman–Crippen MR) is 124 cm³/mol. The number of carbonyl (C=O) groups is 2. The second-order valence-corrected chi connectivity index (χ2v) is 9.03. The second-order valence-electron chi connectivity index (χ2n) is 7.18. The molecule has 1 fully saturated rings. The molecule has 1 saturated heterocycles. The molecule has 1 aliphatic heterocycles. The van der Waals surface area contributed by atoms with Gasteiger partial charge in [0, 0.05) is 25.3 Å². The van der Waals surface area contributed by atoms with Crippen LogP contribution in [0, 0.1) is 0 Å². The lowest BCUT2D eigenvalue weighted by molar-refractivity contribution is -0.114. The van der Waals surface area contributed by atoms with Crippen LogP contribution in [0.2, 0.25) is 0 Å². The maximum Gasteiger partial charge on any atom is 0.351 e. The maximum absolute atomic E-state index is 15.2. The van der Waals surface area contributed by atoms with Crippen molar-refractivity contribution in [3.8, 4) is 0 Å². The molecule has 0 aromatic carbocycles. The quantitative estimate of drug-likeness (QED) is 0.300. The average Bonchev–Trinajstić information content (AvgIpc) is 3.07. The number of hydrogen-bond donors (Lipinski definition) is 1. The number of nitrogens with one attached hydrogen (secondary N) is 1. The standard InChI is InChI=1S/C20H31FN3O7PS/c1-4-6-14-18(31-32-29-10-9-28-11-12-33-16(26)5-2)17(21)19(30-14)24-8-7-15(22-13(3)25)23-20(24)27/h7-8,14,17-19,32H,4-6,9-12H2,1-3H3,(H,22,23,25,27). The monoisotopic (exact) mass is 507 g/mol. The third-order valence-electron chi connectivity index (χ3n) is 4.60. The van der Waals surface area contributed by atoms with E-state index in [9.17, 15) is 14.4 Å². The molecule has 1 aromatic heterocycles. The Hall–Kier alpha value is -1.43. The molecule has 0 aliphatic carbocycles. The zero-order valence-electron chi connectivity index (χ0n) is 19.0. The van der Waals surface area contributed by atoms with Crippen molar-refractivity contribution < 1.29 is 32.5 Å². The van der Waals surface area contributed by atoms with Crippen molar-refractivity contribution in [1.82, 2.24) is 9.55 Å². The van der Waals surface area contributed by atoms with Crippen LogP contribution in [0.3, 0.4) is 0 Å². The lowest BCUT2D eigenvalue weighted by Crippen LogP contribution is -2.33. The van der Waals surface area contributed by atoms with Crippen LogP contribution in [-0.4, -0.2) is 64.5 Å². The summed E-state index contributed by atoms with van der Waals surface area (Å²) in [6, 6.07) is 1.41. The molecule has 10 nitrogen and oxygen atoms in total. The highest BCUT2D eigenvalue weighted by atomic mass is 32.2. The number of ether oxygens (including phenoxy) is 2. The van der Waals surface area contributed by atoms with E-state index in [1.807, 2.05) is 13.8 Å². The van der Waals surface area contributed by atoms with Crippen LogP contribution < -0.4 is 11.0 Å². The van der Waals surface area contributed by atoms with Crippen molar-refractivity contribution in [3.05, 3.63) is 22.7 Å². The largest absolute Gasteiger partial charge is 0.378 e. The number of aromatic nitrogens is 2. The number of rotatable bonds is 14. The number of hydrogen-bond acceptors (Lipinski definition) is 9. The summed E-state index contributed by atoms with van der Waals surface area (Å²) in [5.74, 6) is 0.310. The van der Waals surface area contributed by atoms with E-state index in [1.54, 1.807) is 0 Å². The van der Waals surface area contributed by atoms with Crippen molar-refractivity contribution in [1.29, 1.82) is 0 Å². The van der Waals surface area contributed by atoms with E-state index in [2.05, 4.69) is 10.3 Å². The molecule has 2 heterocycles. The third-order valence-corrected chi connectivity index (χ3v) is 6.27. The van der Waals surface area contributed by atoms with Gasteiger partial charge in [-0.2, -0.15) is 4.98 Å². The summed E-state index contributed by atoms with van der Waals surface area (Å²) >= 11 is 1.24. The zero-order chi connectivity index (χ0) is 24.2. The Bertz CT molecular complexity index is 831. The van der Waals surface area contributed by atoms with Gasteiger partial charge in [-0.05, 0) is 12.5 Å². The Kier molecular flexibility index (Phi) is 12.4. The molecular formula is C20H31FN3O7PS. The van der Waals surface area contributed by atoms with Crippen molar-refractivity contribution >= 4 is 37.6 Å². The second kappa shape index (κ2) is 14.7. The Morgan fingerprint density at radius 1 is 1.33 bits per heavy atom. The van der Waals surface area contributed by atoms with Gasteiger partial charge < -0.3 is 23.8 Å². The highest BCUT2D eigenvalue weighted by Crippen LogP contribution is 2.38. The van der Waals surface area contributed by atoms with Gasteiger partial charge >= 0.3 is 5.69 Å². The van der Waals surface area contributed by atoms with Crippen molar-refractivity contribution in [3.63, 3.8) is 0 Å². The summed E-state index contributed by atoms with van der Waals surface area (Å²) in [6.07, 6.45) is -1.09. The first-order valence-corrected chi connectivity index (χ1v) is 12.6. The number of alkyl halides is 1. The molecule has 1 amide bonds. The third kappa shape index (κ3) is 9.03. The zero-order valence-corrected chi connectivity index (χ0v) is 20.8. The van der Waals surface area contributed by atoms with E-state index in [0.717, 1.165) is 11.0 Å². The van der Waals surface area contributed by atoms with Gasteiger partial charge in [0.2, 0.25) is 5.91 Å². The highest BCUT2D eigenvalue weighted by molar-refractivity contribution is 8.13. The molecule has 1 N–H and O–H groups in total. The van der Waals surface area contributed by atoms with E-state index < -0.39 is 39.3 Å². The minimum Gasteiger partial charge on any atom is -0.378 e. The first kappa shape index (κ1) is 27.8. The highest BCUT2D eigenvalue weighted by Gasteiger charge is 2.47.